The van der Waals surface area contributed by atoms with E-state index in [-0.39, 0.29) is 17.6 Å². The second-order valence-corrected chi connectivity index (χ2v) is 8.21. The van der Waals surface area contributed by atoms with Crippen molar-refractivity contribution >= 4 is 15.7 Å². The SMILES string of the molecule is CS(=O)(=O)CCN1CCC(C(=O)NCc2ccccc2)CC1. The van der Waals surface area contributed by atoms with Crippen molar-refractivity contribution in [1.29, 1.82) is 0 Å². The Morgan fingerprint density at radius 3 is 2.45 bits per heavy atom. The molecular weight excluding hydrogens is 300 g/mol. The Balaban J connectivity index is 1.71. The van der Waals surface area contributed by atoms with Crippen LogP contribution < -0.4 is 5.32 Å². The second kappa shape index (κ2) is 7.74. The number of rotatable bonds is 6. The van der Waals surface area contributed by atoms with Gasteiger partial charge in [0, 0.05) is 25.3 Å². The zero-order chi connectivity index (χ0) is 16.0. The van der Waals surface area contributed by atoms with Gasteiger partial charge in [0.05, 0.1) is 5.75 Å². The van der Waals surface area contributed by atoms with Crippen LogP contribution in [0, 0.1) is 5.92 Å². The minimum atomic E-state index is -2.91. The highest BCUT2D eigenvalue weighted by Gasteiger charge is 2.25. The van der Waals surface area contributed by atoms with Crippen molar-refractivity contribution in [3.63, 3.8) is 0 Å². The summed E-state index contributed by atoms with van der Waals surface area (Å²) < 4.78 is 22.4. The predicted octanol–water partition coefficient (Wildman–Crippen LogP) is 1.06. The van der Waals surface area contributed by atoms with Gasteiger partial charge in [-0.1, -0.05) is 30.3 Å². The molecule has 0 saturated carbocycles. The molecule has 0 aliphatic carbocycles. The van der Waals surface area contributed by atoms with E-state index in [4.69, 9.17) is 0 Å². The van der Waals surface area contributed by atoms with Gasteiger partial charge in [-0.25, -0.2) is 8.42 Å². The quantitative estimate of drug-likeness (QED) is 0.850. The highest BCUT2D eigenvalue weighted by molar-refractivity contribution is 7.90. The number of carbonyl (C=O) groups excluding carboxylic acids is 1. The van der Waals surface area contributed by atoms with E-state index in [0.29, 0.717) is 13.1 Å². The molecule has 0 spiro atoms. The fraction of sp³-hybridized carbons (Fsp3) is 0.562. The number of nitrogens with one attached hydrogen (secondary N) is 1. The van der Waals surface area contributed by atoms with E-state index in [9.17, 15) is 13.2 Å². The molecule has 5 nitrogen and oxygen atoms in total. The maximum absolute atomic E-state index is 12.2. The number of likely N-dealkylation sites (tertiary alicyclic amines) is 1. The summed E-state index contributed by atoms with van der Waals surface area (Å²) in [7, 11) is -2.91. The highest BCUT2D eigenvalue weighted by atomic mass is 32.2. The number of amides is 1. The lowest BCUT2D eigenvalue weighted by Gasteiger charge is -2.31. The number of hydrogen-bond donors (Lipinski definition) is 1. The smallest absolute Gasteiger partial charge is 0.223 e. The van der Waals surface area contributed by atoms with E-state index in [1.165, 1.54) is 6.26 Å². The first kappa shape index (κ1) is 17.0. The minimum absolute atomic E-state index is 0.0400. The molecule has 2 rings (SSSR count). The molecule has 1 aromatic rings. The van der Waals surface area contributed by atoms with E-state index in [0.717, 1.165) is 31.5 Å². The normalized spacial score (nSPS) is 17.3. The van der Waals surface area contributed by atoms with Crippen LogP contribution in [0.15, 0.2) is 30.3 Å². The first-order valence-corrected chi connectivity index (χ1v) is 9.72. The largest absolute Gasteiger partial charge is 0.352 e. The summed E-state index contributed by atoms with van der Waals surface area (Å²) in [5, 5.41) is 2.99. The van der Waals surface area contributed by atoms with Gasteiger partial charge >= 0.3 is 0 Å². The van der Waals surface area contributed by atoms with Crippen molar-refractivity contribution in [3.8, 4) is 0 Å². The van der Waals surface area contributed by atoms with Gasteiger partial charge in [0.1, 0.15) is 9.84 Å². The standard InChI is InChI=1S/C16H24N2O3S/c1-22(20,21)12-11-18-9-7-15(8-10-18)16(19)17-13-14-5-3-2-4-6-14/h2-6,15H,7-13H2,1H3,(H,17,19). The third kappa shape index (κ3) is 5.77. The molecule has 1 saturated heterocycles. The summed E-state index contributed by atoms with van der Waals surface area (Å²) in [6.45, 7) is 2.71. The molecule has 22 heavy (non-hydrogen) atoms. The fourth-order valence-corrected chi connectivity index (χ4v) is 3.23. The van der Waals surface area contributed by atoms with Crippen LogP contribution >= 0.6 is 0 Å². The third-order valence-electron chi connectivity index (χ3n) is 4.05. The molecule has 1 amide bonds. The molecule has 0 radical (unpaired) electrons. The summed E-state index contributed by atoms with van der Waals surface area (Å²) in [5.41, 5.74) is 1.10. The molecule has 1 heterocycles. The molecule has 1 fully saturated rings. The van der Waals surface area contributed by atoms with Crippen LogP contribution in [0.25, 0.3) is 0 Å². The van der Waals surface area contributed by atoms with Gasteiger partial charge < -0.3 is 10.2 Å². The van der Waals surface area contributed by atoms with Crippen molar-refractivity contribution in [3.05, 3.63) is 35.9 Å². The second-order valence-electron chi connectivity index (χ2n) is 5.95. The lowest BCUT2D eigenvalue weighted by atomic mass is 9.96. The monoisotopic (exact) mass is 324 g/mol. The lowest BCUT2D eigenvalue weighted by molar-refractivity contribution is -0.126. The number of sulfone groups is 1. The van der Waals surface area contributed by atoms with Crippen LogP contribution in [0.2, 0.25) is 0 Å². The predicted molar refractivity (Wildman–Crippen MR) is 87.2 cm³/mol. The summed E-state index contributed by atoms with van der Waals surface area (Å²) in [4.78, 5) is 14.3. The summed E-state index contributed by atoms with van der Waals surface area (Å²) in [6, 6.07) is 9.86. The molecule has 1 aromatic carbocycles. The Morgan fingerprint density at radius 1 is 1.23 bits per heavy atom. The first-order chi connectivity index (χ1) is 10.4. The van der Waals surface area contributed by atoms with Gasteiger partial charge in [-0.05, 0) is 31.5 Å². The molecule has 1 N–H and O–H groups in total. The Morgan fingerprint density at radius 2 is 1.86 bits per heavy atom. The van der Waals surface area contributed by atoms with Crippen LogP contribution in [0.3, 0.4) is 0 Å². The average Bonchev–Trinajstić information content (AvgIpc) is 2.51. The fourth-order valence-electron chi connectivity index (χ4n) is 2.64. The Kier molecular flexibility index (Phi) is 5.97. The topological polar surface area (TPSA) is 66.5 Å². The molecule has 6 heteroatoms. The van der Waals surface area contributed by atoms with Gasteiger partial charge in [-0.3, -0.25) is 4.79 Å². The minimum Gasteiger partial charge on any atom is -0.352 e. The van der Waals surface area contributed by atoms with E-state index in [1.54, 1.807) is 0 Å². The number of hydrogen-bond acceptors (Lipinski definition) is 4. The summed E-state index contributed by atoms with van der Waals surface area (Å²) >= 11 is 0. The van der Waals surface area contributed by atoms with Gasteiger partial charge in [-0.15, -0.1) is 0 Å². The molecule has 0 unspecified atom stereocenters. The van der Waals surface area contributed by atoms with Crippen LogP contribution in [0.4, 0.5) is 0 Å². The van der Waals surface area contributed by atoms with Gasteiger partial charge in [0.15, 0.2) is 0 Å². The zero-order valence-corrected chi connectivity index (χ0v) is 13.8. The van der Waals surface area contributed by atoms with Gasteiger partial charge in [-0.2, -0.15) is 0 Å². The van der Waals surface area contributed by atoms with Crippen LogP contribution in [-0.2, 0) is 21.2 Å². The average molecular weight is 324 g/mol. The van der Waals surface area contributed by atoms with Crippen molar-refractivity contribution in [1.82, 2.24) is 10.2 Å². The van der Waals surface area contributed by atoms with Crippen LogP contribution in [-0.4, -0.2) is 50.9 Å². The molecule has 0 atom stereocenters. The molecule has 0 aromatic heterocycles. The van der Waals surface area contributed by atoms with E-state index in [2.05, 4.69) is 10.2 Å². The van der Waals surface area contributed by atoms with Crippen LogP contribution in [0.5, 0.6) is 0 Å². The summed E-state index contributed by atoms with van der Waals surface area (Å²) in [6.07, 6.45) is 2.85. The van der Waals surface area contributed by atoms with E-state index >= 15 is 0 Å². The van der Waals surface area contributed by atoms with Crippen molar-refractivity contribution in [2.75, 3.05) is 31.6 Å². The number of piperidine rings is 1. The molecular formula is C16H24N2O3S. The van der Waals surface area contributed by atoms with E-state index in [1.807, 2.05) is 30.3 Å². The Bertz CT molecular complexity index is 579. The molecule has 1 aliphatic heterocycles. The van der Waals surface area contributed by atoms with E-state index < -0.39 is 9.84 Å². The highest BCUT2D eigenvalue weighted by Crippen LogP contribution is 2.17. The number of carbonyl (C=O) groups is 1. The third-order valence-corrected chi connectivity index (χ3v) is 4.97. The summed E-state index contributed by atoms with van der Waals surface area (Å²) in [5.74, 6) is 0.336. The number of benzene rings is 1. The molecule has 0 bridgehead atoms. The molecule has 122 valence electrons. The zero-order valence-electron chi connectivity index (χ0n) is 13.0. The Labute approximate surface area is 132 Å². The van der Waals surface area contributed by atoms with Crippen molar-refractivity contribution < 1.29 is 13.2 Å². The van der Waals surface area contributed by atoms with Gasteiger partial charge in [0.2, 0.25) is 5.91 Å². The van der Waals surface area contributed by atoms with Crippen LogP contribution in [0.1, 0.15) is 18.4 Å². The lowest BCUT2D eigenvalue weighted by Crippen LogP contribution is -2.41. The Hall–Kier alpha value is -1.40. The van der Waals surface area contributed by atoms with Crippen molar-refractivity contribution in [2.24, 2.45) is 5.92 Å². The maximum Gasteiger partial charge on any atom is 0.223 e. The maximum atomic E-state index is 12.2. The van der Waals surface area contributed by atoms with Crippen molar-refractivity contribution in [2.45, 2.75) is 19.4 Å². The van der Waals surface area contributed by atoms with Gasteiger partial charge in [0.25, 0.3) is 0 Å². The molecule has 1 aliphatic rings. The first-order valence-electron chi connectivity index (χ1n) is 7.66. The number of nitrogens with zero attached hydrogens (tertiary/aromatic N) is 1.